The summed E-state index contributed by atoms with van der Waals surface area (Å²) in [6.45, 7) is 4.42. The van der Waals surface area contributed by atoms with Gasteiger partial charge in [0.2, 0.25) is 0 Å². The summed E-state index contributed by atoms with van der Waals surface area (Å²) in [7, 11) is 1.63. The van der Waals surface area contributed by atoms with Crippen molar-refractivity contribution in [3.8, 4) is 11.5 Å². The lowest BCUT2D eigenvalue weighted by Crippen LogP contribution is -2.14. The molecule has 132 valence electrons. The summed E-state index contributed by atoms with van der Waals surface area (Å²) in [5.74, 6) is 1.26. The van der Waals surface area contributed by atoms with Gasteiger partial charge in [0.15, 0.2) is 11.5 Å². The SMILES string of the molecule is CCCCNCc1cc(Cl)c(OCc2ccccc2)c(OC)c1.Cl. The molecule has 5 heteroatoms. The number of benzene rings is 2. The lowest BCUT2D eigenvalue weighted by atomic mass is 10.2. The molecule has 0 aromatic heterocycles. The second kappa shape index (κ2) is 11.2. The quantitative estimate of drug-likeness (QED) is 0.613. The van der Waals surface area contributed by atoms with Crippen LogP contribution in [0.15, 0.2) is 42.5 Å². The maximum absolute atomic E-state index is 6.39. The van der Waals surface area contributed by atoms with E-state index in [4.69, 9.17) is 21.1 Å². The smallest absolute Gasteiger partial charge is 0.180 e. The lowest BCUT2D eigenvalue weighted by Gasteiger charge is -2.14. The Kier molecular flexibility index (Phi) is 9.62. The summed E-state index contributed by atoms with van der Waals surface area (Å²) in [5.41, 5.74) is 2.19. The fourth-order valence-corrected chi connectivity index (χ4v) is 2.57. The van der Waals surface area contributed by atoms with Gasteiger partial charge >= 0.3 is 0 Å². The minimum Gasteiger partial charge on any atom is -0.493 e. The van der Waals surface area contributed by atoms with Crippen molar-refractivity contribution in [1.82, 2.24) is 5.32 Å². The molecule has 0 aliphatic rings. The first-order chi connectivity index (χ1) is 11.2. The Balaban J connectivity index is 0.00000288. The minimum atomic E-state index is 0. The molecular formula is C19H25Cl2NO2. The van der Waals surface area contributed by atoms with Crippen LogP contribution in [-0.2, 0) is 13.2 Å². The van der Waals surface area contributed by atoms with E-state index in [1.54, 1.807) is 7.11 Å². The standard InChI is InChI=1S/C19H24ClNO2.ClH/c1-3-4-10-21-13-16-11-17(20)19(18(12-16)22-2)23-14-15-8-6-5-7-9-15;/h5-9,11-12,21H,3-4,10,13-14H2,1-2H3;1H. The number of hydrogen-bond donors (Lipinski definition) is 1. The van der Waals surface area contributed by atoms with Gasteiger partial charge in [-0.15, -0.1) is 12.4 Å². The average molecular weight is 370 g/mol. The number of halogens is 2. The summed E-state index contributed by atoms with van der Waals surface area (Å²) < 4.78 is 11.3. The highest BCUT2D eigenvalue weighted by Crippen LogP contribution is 2.37. The van der Waals surface area contributed by atoms with Crippen molar-refractivity contribution < 1.29 is 9.47 Å². The van der Waals surface area contributed by atoms with Gasteiger partial charge in [0.25, 0.3) is 0 Å². The van der Waals surface area contributed by atoms with Crippen LogP contribution in [0.5, 0.6) is 11.5 Å². The van der Waals surface area contributed by atoms with Crippen LogP contribution < -0.4 is 14.8 Å². The topological polar surface area (TPSA) is 30.5 Å². The first-order valence-corrected chi connectivity index (χ1v) is 8.36. The molecule has 0 spiro atoms. The van der Waals surface area contributed by atoms with E-state index in [1.807, 2.05) is 42.5 Å². The predicted molar refractivity (Wildman–Crippen MR) is 103 cm³/mol. The summed E-state index contributed by atoms with van der Waals surface area (Å²) in [5, 5.41) is 3.98. The molecule has 0 unspecified atom stereocenters. The minimum absolute atomic E-state index is 0. The highest BCUT2D eigenvalue weighted by Gasteiger charge is 2.12. The maximum Gasteiger partial charge on any atom is 0.180 e. The molecular weight excluding hydrogens is 345 g/mol. The third-order valence-corrected chi connectivity index (χ3v) is 3.83. The van der Waals surface area contributed by atoms with Crippen molar-refractivity contribution in [1.29, 1.82) is 0 Å². The van der Waals surface area contributed by atoms with Crippen LogP contribution in [0.2, 0.25) is 5.02 Å². The van der Waals surface area contributed by atoms with Crippen molar-refractivity contribution in [2.45, 2.75) is 32.9 Å². The summed E-state index contributed by atoms with van der Waals surface area (Å²) in [6.07, 6.45) is 2.35. The van der Waals surface area contributed by atoms with Crippen LogP contribution in [-0.4, -0.2) is 13.7 Å². The number of unbranched alkanes of at least 4 members (excludes halogenated alkanes) is 1. The summed E-state index contributed by atoms with van der Waals surface area (Å²) in [4.78, 5) is 0. The van der Waals surface area contributed by atoms with Crippen molar-refractivity contribution >= 4 is 24.0 Å². The molecule has 24 heavy (non-hydrogen) atoms. The van der Waals surface area contributed by atoms with Gasteiger partial charge in [-0.25, -0.2) is 0 Å². The van der Waals surface area contributed by atoms with E-state index >= 15 is 0 Å². The molecule has 0 heterocycles. The number of nitrogens with one attached hydrogen (secondary N) is 1. The normalized spacial score (nSPS) is 10.1. The third-order valence-electron chi connectivity index (χ3n) is 3.55. The molecule has 1 N–H and O–H groups in total. The molecule has 0 fully saturated rings. The monoisotopic (exact) mass is 369 g/mol. The Morgan fingerprint density at radius 3 is 2.50 bits per heavy atom. The van der Waals surface area contributed by atoms with Gasteiger partial charge in [-0.3, -0.25) is 0 Å². The van der Waals surface area contributed by atoms with Crippen LogP contribution in [0.25, 0.3) is 0 Å². The number of methoxy groups -OCH3 is 1. The van der Waals surface area contributed by atoms with Crippen molar-refractivity contribution in [3.63, 3.8) is 0 Å². The van der Waals surface area contributed by atoms with Crippen LogP contribution in [0, 0.1) is 0 Å². The molecule has 0 aliphatic carbocycles. The van der Waals surface area contributed by atoms with Crippen molar-refractivity contribution in [2.75, 3.05) is 13.7 Å². The zero-order valence-electron chi connectivity index (χ0n) is 14.2. The first-order valence-electron chi connectivity index (χ1n) is 7.98. The Morgan fingerprint density at radius 2 is 1.83 bits per heavy atom. The molecule has 2 aromatic carbocycles. The van der Waals surface area contributed by atoms with E-state index in [-0.39, 0.29) is 12.4 Å². The van der Waals surface area contributed by atoms with Gasteiger partial charge in [-0.1, -0.05) is 55.3 Å². The lowest BCUT2D eigenvalue weighted by molar-refractivity contribution is 0.284. The van der Waals surface area contributed by atoms with Crippen LogP contribution >= 0.6 is 24.0 Å². The average Bonchev–Trinajstić information content (AvgIpc) is 2.58. The summed E-state index contributed by atoms with van der Waals surface area (Å²) >= 11 is 6.39. The van der Waals surface area contributed by atoms with E-state index in [9.17, 15) is 0 Å². The number of rotatable bonds is 9. The first kappa shape index (κ1) is 20.6. The molecule has 0 atom stereocenters. The van der Waals surface area contributed by atoms with Crippen molar-refractivity contribution in [3.05, 3.63) is 58.6 Å². The predicted octanol–water partition coefficient (Wildman–Crippen LogP) is 5.24. The molecule has 3 nitrogen and oxygen atoms in total. The van der Waals surface area contributed by atoms with Gasteiger partial charge in [0.1, 0.15) is 6.61 Å². The Hall–Kier alpha value is -1.42. The highest BCUT2D eigenvalue weighted by molar-refractivity contribution is 6.32. The van der Waals surface area contributed by atoms with Crippen LogP contribution in [0.4, 0.5) is 0 Å². The van der Waals surface area contributed by atoms with E-state index in [1.165, 1.54) is 12.8 Å². The van der Waals surface area contributed by atoms with Crippen molar-refractivity contribution in [2.24, 2.45) is 0 Å². The molecule has 0 amide bonds. The zero-order chi connectivity index (χ0) is 16.5. The van der Waals surface area contributed by atoms with E-state index in [0.29, 0.717) is 23.1 Å². The fraction of sp³-hybridized carbons (Fsp3) is 0.368. The van der Waals surface area contributed by atoms with Gasteiger partial charge in [0, 0.05) is 6.54 Å². The van der Waals surface area contributed by atoms with Crippen LogP contribution in [0.1, 0.15) is 30.9 Å². The van der Waals surface area contributed by atoms with Gasteiger partial charge in [-0.2, -0.15) is 0 Å². The van der Waals surface area contributed by atoms with Gasteiger partial charge < -0.3 is 14.8 Å². The second-order valence-electron chi connectivity index (χ2n) is 5.41. The molecule has 0 saturated heterocycles. The van der Waals surface area contributed by atoms with Crippen LogP contribution in [0.3, 0.4) is 0 Å². The molecule has 0 bridgehead atoms. The molecule has 0 saturated carbocycles. The van der Waals surface area contributed by atoms with Gasteiger partial charge in [-0.05, 0) is 36.2 Å². The molecule has 2 rings (SSSR count). The molecule has 2 aromatic rings. The highest BCUT2D eigenvalue weighted by atomic mass is 35.5. The van der Waals surface area contributed by atoms with E-state index < -0.39 is 0 Å². The van der Waals surface area contributed by atoms with E-state index in [2.05, 4.69) is 12.2 Å². The molecule has 0 aliphatic heterocycles. The van der Waals surface area contributed by atoms with Gasteiger partial charge in [0.05, 0.1) is 12.1 Å². The summed E-state index contributed by atoms with van der Waals surface area (Å²) in [6, 6.07) is 13.9. The maximum atomic E-state index is 6.39. The Bertz CT molecular complexity index is 606. The Labute approximate surface area is 155 Å². The largest absolute Gasteiger partial charge is 0.493 e. The fourth-order valence-electron chi connectivity index (χ4n) is 2.28. The Morgan fingerprint density at radius 1 is 1.08 bits per heavy atom. The zero-order valence-corrected chi connectivity index (χ0v) is 15.8. The third kappa shape index (κ3) is 6.23. The number of hydrogen-bond acceptors (Lipinski definition) is 3. The van der Waals surface area contributed by atoms with E-state index in [0.717, 1.165) is 24.2 Å². The molecule has 0 radical (unpaired) electrons. The number of ether oxygens (including phenoxy) is 2. The second-order valence-corrected chi connectivity index (χ2v) is 5.82.